The lowest BCUT2D eigenvalue weighted by Gasteiger charge is -2.11. The fourth-order valence-corrected chi connectivity index (χ4v) is 3.79. The van der Waals surface area contributed by atoms with Crippen molar-refractivity contribution in [1.29, 1.82) is 0 Å². The summed E-state index contributed by atoms with van der Waals surface area (Å²) in [7, 11) is 0. The van der Waals surface area contributed by atoms with E-state index in [4.69, 9.17) is 11.6 Å². The second-order valence-electron chi connectivity index (χ2n) is 6.81. The molecule has 0 amide bonds. The fraction of sp³-hybridized carbons (Fsp3) is 0.0870. The number of benzene rings is 3. The maximum Gasteiger partial charge on any atom is 0.0890 e. The number of nitrogens with one attached hydrogen (secondary N) is 1. The lowest BCUT2D eigenvalue weighted by molar-refractivity contribution is 0.620. The molecule has 28 heavy (non-hydrogen) atoms. The topological polar surface area (TPSA) is 50.2 Å². The van der Waals surface area contributed by atoms with Crippen LogP contribution in [0.2, 0.25) is 5.02 Å². The van der Waals surface area contributed by atoms with Gasteiger partial charge in [-0.25, -0.2) is 0 Å². The molecule has 1 aromatic heterocycles. The molecule has 1 aliphatic heterocycles. The highest BCUT2D eigenvalue weighted by Crippen LogP contribution is 2.30. The van der Waals surface area contributed by atoms with Crippen molar-refractivity contribution < 1.29 is 0 Å². The number of aromatic nitrogens is 2. The van der Waals surface area contributed by atoms with Gasteiger partial charge < -0.3 is 5.43 Å². The van der Waals surface area contributed by atoms with Crippen LogP contribution in [0.4, 0.5) is 0 Å². The standard InChI is InChI=1S/C23H17ClN4/c24-19-4-2-1-3-18(19)15-5-7-16(8-6-15)21-14-22(28-27-21)17-9-10-20-23(13-17)26-12-11-25-20/h1-13,22,28H,14H2. The second-order valence-corrected chi connectivity index (χ2v) is 7.21. The van der Waals surface area contributed by atoms with Crippen LogP contribution in [0.5, 0.6) is 0 Å². The molecule has 4 nitrogen and oxygen atoms in total. The van der Waals surface area contributed by atoms with Crippen LogP contribution in [0.3, 0.4) is 0 Å². The molecule has 1 unspecified atom stereocenters. The third-order valence-corrected chi connectivity index (χ3v) is 5.38. The summed E-state index contributed by atoms with van der Waals surface area (Å²) in [6.45, 7) is 0. The van der Waals surface area contributed by atoms with Crippen molar-refractivity contribution in [2.24, 2.45) is 5.10 Å². The minimum atomic E-state index is 0.143. The van der Waals surface area contributed by atoms with Gasteiger partial charge in [-0.05, 0) is 34.9 Å². The molecule has 0 saturated carbocycles. The Hall–Kier alpha value is -3.24. The molecule has 1 aliphatic rings. The van der Waals surface area contributed by atoms with Crippen LogP contribution >= 0.6 is 11.6 Å². The highest BCUT2D eigenvalue weighted by Gasteiger charge is 2.21. The van der Waals surface area contributed by atoms with Gasteiger partial charge >= 0.3 is 0 Å². The molecule has 5 rings (SSSR count). The van der Waals surface area contributed by atoms with Gasteiger partial charge in [-0.15, -0.1) is 0 Å². The van der Waals surface area contributed by atoms with Gasteiger partial charge in [0.15, 0.2) is 0 Å². The van der Waals surface area contributed by atoms with E-state index in [2.05, 4.69) is 56.9 Å². The lowest BCUT2D eigenvalue weighted by Crippen LogP contribution is -2.10. The number of rotatable bonds is 3. The number of hydrogen-bond acceptors (Lipinski definition) is 4. The maximum atomic E-state index is 6.31. The Morgan fingerprint density at radius 2 is 1.57 bits per heavy atom. The predicted molar refractivity (Wildman–Crippen MR) is 113 cm³/mol. The van der Waals surface area contributed by atoms with Gasteiger partial charge in [0.25, 0.3) is 0 Å². The summed E-state index contributed by atoms with van der Waals surface area (Å²) < 4.78 is 0. The molecular formula is C23H17ClN4. The van der Waals surface area contributed by atoms with E-state index in [1.807, 2.05) is 30.3 Å². The van der Waals surface area contributed by atoms with E-state index in [0.29, 0.717) is 0 Å². The minimum Gasteiger partial charge on any atom is -0.302 e. The predicted octanol–water partition coefficient (Wildman–Crippen LogP) is 5.39. The molecule has 0 radical (unpaired) electrons. The van der Waals surface area contributed by atoms with Crippen LogP contribution in [-0.2, 0) is 0 Å². The van der Waals surface area contributed by atoms with E-state index < -0.39 is 0 Å². The molecule has 0 saturated heterocycles. The molecule has 4 aromatic rings. The molecule has 1 N–H and O–H groups in total. The van der Waals surface area contributed by atoms with E-state index in [-0.39, 0.29) is 6.04 Å². The lowest BCUT2D eigenvalue weighted by atomic mass is 9.97. The zero-order valence-corrected chi connectivity index (χ0v) is 15.8. The van der Waals surface area contributed by atoms with E-state index in [1.54, 1.807) is 12.4 Å². The van der Waals surface area contributed by atoms with Crippen molar-refractivity contribution in [2.75, 3.05) is 0 Å². The first-order chi connectivity index (χ1) is 13.8. The monoisotopic (exact) mass is 384 g/mol. The summed E-state index contributed by atoms with van der Waals surface area (Å²) in [5.74, 6) is 0. The molecule has 0 fully saturated rings. The van der Waals surface area contributed by atoms with Crippen LogP contribution in [0.25, 0.3) is 22.2 Å². The Bertz CT molecular complexity index is 1180. The van der Waals surface area contributed by atoms with Crippen molar-refractivity contribution >= 4 is 28.3 Å². The molecule has 1 atom stereocenters. The van der Waals surface area contributed by atoms with Gasteiger partial charge in [0.05, 0.1) is 22.8 Å². The third kappa shape index (κ3) is 3.12. The average molecular weight is 385 g/mol. The number of fused-ring (bicyclic) bond motifs is 1. The molecule has 0 bridgehead atoms. The van der Waals surface area contributed by atoms with Crippen LogP contribution in [0.15, 0.2) is 84.2 Å². The van der Waals surface area contributed by atoms with Gasteiger partial charge in [0.1, 0.15) is 0 Å². The summed E-state index contributed by atoms with van der Waals surface area (Å²) >= 11 is 6.31. The van der Waals surface area contributed by atoms with Crippen LogP contribution in [0.1, 0.15) is 23.6 Å². The van der Waals surface area contributed by atoms with Crippen molar-refractivity contribution in [3.63, 3.8) is 0 Å². The Labute approximate surface area is 167 Å². The van der Waals surface area contributed by atoms with E-state index in [0.717, 1.165) is 44.9 Å². The van der Waals surface area contributed by atoms with Gasteiger partial charge in [-0.3, -0.25) is 9.97 Å². The first-order valence-electron chi connectivity index (χ1n) is 9.16. The Morgan fingerprint density at radius 3 is 2.39 bits per heavy atom. The molecule has 2 heterocycles. The maximum absolute atomic E-state index is 6.31. The minimum absolute atomic E-state index is 0.143. The van der Waals surface area contributed by atoms with Crippen LogP contribution in [0, 0.1) is 0 Å². The highest BCUT2D eigenvalue weighted by atomic mass is 35.5. The molecule has 136 valence electrons. The summed E-state index contributed by atoms with van der Waals surface area (Å²) in [5, 5.41) is 5.33. The Balaban J connectivity index is 1.36. The Morgan fingerprint density at radius 1 is 0.821 bits per heavy atom. The van der Waals surface area contributed by atoms with E-state index in [1.165, 1.54) is 5.56 Å². The van der Waals surface area contributed by atoms with Gasteiger partial charge in [0.2, 0.25) is 0 Å². The molecule has 3 aromatic carbocycles. The smallest absolute Gasteiger partial charge is 0.0890 e. The number of hydrogen-bond donors (Lipinski definition) is 1. The number of nitrogens with zero attached hydrogens (tertiary/aromatic N) is 3. The quantitative estimate of drug-likeness (QED) is 0.515. The van der Waals surface area contributed by atoms with Crippen molar-refractivity contribution in [2.45, 2.75) is 12.5 Å². The number of hydrazone groups is 1. The van der Waals surface area contributed by atoms with Gasteiger partial charge in [-0.1, -0.05) is 60.1 Å². The zero-order valence-electron chi connectivity index (χ0n) is 15.0. The summed E-state index contributed by atoms with van der Waals surface area (Å²) in [6.07, 6.45) is 4.26. The first kappa shape index (κ1) is 16.9. The largest absolute Gasteiger partial charge is 0.302 e. The van der Waals surface area contributed by atoms with E-state index >= 15 is 0 Å². The summed E-state index contributed by atoms with van der Waals surface area (Å²) in [6, 6.07) is 22.6. The molecule has 5 heteroatoms. The zero-order chi connectivity index (χ0) is 18.9. The van der Waals surface area contributed by atoms with Gasteiger partial charge in [-0.2, -0.15) is 5.10 Å². The first-order valence-corrected chi connectivity index (χ1v) is 9.54. The average Bonchev–Trinajstić information content (AvgIpc) is 3.24. The molecule has 0 spiro atoms. The highest BCUT2D eigenvalue weighted by molar-refractivity contribution is 6.33. The molecular weight excluding hydrogens is 368 g/mol. The number of halogens is 1. The van der Waals surface area contributed by atoms with Crippen molar-refractivity contribution in [1.82, 2.24) is 15.4 Å². The Kier molecular flexibility index (Phi) is 4.26. The molecule has 0 aliphatic carbocycles. The normalized spacial score (nSPS) is 16.0. The van der Waals surface area contributed by atoms with Crippen LogP contribution in [-0.4, -0.2) is 15.7 Å². The second kappa shape index (κ2) is 7.06. The summed E-state index contributed by atoms with van der Waals surface area (Å²) in [5.41, 5.74) is 10.5. The van der Waals surface area contributed by atoms with Crippen molar-refractivity contribution in [3.8, 4) is 11.1 Å². The third-order valence-electron chi connectivity index (χ3n) is 5.05. The van der Waals surface area contributed by atoms with Crippen LogP contribution < -0.4 is 5.43 Å². The summed E-state index contributed by atoms with van der Waals surface area (Å²) in [4.78, 5) is 8.73. The SMILES string of the molecule is Clc1ccccc1-c1ccc(C2=NNC(c3ccc4nccnc4c3)C2)cc1. The van der Waals surface area contributed by atoms with E-state index in [9.17, 15) is 0 Å². The van der Waals surface area contributed by atoms with Gasteiger partial charge in [0, 0.05) is 29.4 Å². The fourth-order valence-electron chi connectivity index (χ4n) is 3.55. The van der Waals surface area contributed by atoms with Crippen molar-refractivity contribution in [3.05, 3.63) is 95.3 Å².